The smallest absolute Gasteiger partial charge is 0.410 e. The number of carbonyl (C=O) groups excluding carboxylic acids is 2. The third kappa shape index (κ3) is 6.40. The Labute approximate surface area is 247 Å². The molecule has 0 bridgehead atoms. The number of ether oxygens (including phenoxy) is 2. The zero-order valence-corrected chi connectivity index (χ0v) is 25.7. The number of nitrogens with zero attached hydrogens (tertiary/aromatic N) is 2. The standard InChI is InChI=1S/C33H43FN2O6/c1-30(2,3)42-29(40)35-19-17-33(27(37)38,21-32(35,6)7)36(18-16-31(4,5)34)28(39)41-20-26-24-14-10-8-12-22(24)23-13-9-11-15-25(23)26/h8-15,26H,16-21H2,1-7H3,(H,37,38). The molecule has 2 amide bonds. The Morgan fingerprint density at radius 3 is 2.02 bits per heavy atom. The normalized spacial score (nSPS) is 20.0. The molecule has 1 aliphatic heterocycles. The van der Waals surface area contributed by atoms with Crippen molar-refractivity contribution in [1.29, 1.82) is 0 Å². The van der Waals surface area contributed by atoms with Gasteiger partial charge in [-0.2, -0.15) is 0 Å². The molecule has 2 aromatic carbocycles. The minimum absolute atomic E-state index is 0.00546. The van der Waals surface area contributed by atoms with Gasteiger partial charge in [-0.05, 0) is 83.6 Å². The van der Waals surface area contributed by atoms with Crippen LogP contribution in [0.1, 0.15) is 84.8 Å². The van der Waals surface area contributed by atoms with E-state index in [9.17, 15) is 23.9 Å². The Hall–Kier alpha value is -3.62. The van der Waals surface area contributed by atoms with Gasteiger partial charge in [0.1, 0.15) is 23.4 Å². The maximum Gasteiger partial charge on any atom is 0.410 e. The van der Waals surface area contributed by atoms with Gasteiger partial charge in [-0.1, -0.05) is 48.5 Å². The highest BCUT2D eigenvalue weighted by Crippen LogP contribution is 2.45. The number of aliphatic carboxylic acids is 1. The number of fused-ring (bicyclic) bond motifs is 3. The Balaban J connectivity index is 1.62. The lowest BCUT2D eigenvalue weighted by atomic mass is 9.75. The maximum absolute atomic E-state index is 14.7. The second-order valence-corrected chi connectivity index (χ2v) is 13.6. The predicted octanol–water partition coefficient (Wildman–Crippen LogP) is 7.01. The minimum Gasteiger partial charge on any atom is -0.479 e. The lowest BCUT2D eigenvalue weighted by Gasteiger charge is -2.52. The van der Waals surface area contributed by atoms with E-state index in [-0.39, 0.29) is 44.9 Å². The number of benzene rings is 2. The van der Waals surface area contributed by atoms with Crippen molar-refractivity contribution in [1.82, 2.24) is 9.80 Å². The topological polar surface area (TPSA) is 96.4 Å². The van der Waals surface area contributed by atoms with Gasteiger partial charge in [-0.15, -0.1) is 0 Å². The number of carbonyl (C=O) groups is 3. The van der Waals surface area contributed by atoms with E-state index < -0.39 is 40.5 Å². The molecule has 0 saturated carbocycles. The van der Waals surface area contributed by atoms with Crippen molar-refractivity contribution in [2.24, 2.45) is 0 Å². The lowest BCUT2D eigenvalue weighted by molar-refractivity contribution is -0.158. The van der Waals surface area contributed by atoms with Crippen LogP contribution in [0.5, 0.6) is 0 Å². The van der Waals surface area contributed by atoms with Crippen molar-refractivity contribution in [2.75, 3.05) is 19.7 Å². The molecule has 0 aromatic heterocycles. The molecule has 8 nitrogen and oxygen atoms in total. The molecular weight excluding hydrogens is 539 g/mol. The molecule has 2 aromatic rings. The molecule has 228 valence electrons. The maximum atomic E-state index is 14.7. The molecular formula is C33H43FN2O6. The van der Waals surface area contributed by atoms with E-state index in [1.54, 1.807) is 34.6 Å². The molecule has 1 fully saturated rings. The zero-order chi connectivity index (χ0) is 31.1. The van der Waals surface area contributed by atoms with Crippen LogP contribution < -0.4 is 0 Å². The summed E-state index contributed by atoms with van der Waals surface area (Å²) in [6.07, 6.45) is -1.58. The summed E-state index contributed by atoms with van der Waals surface area (Å²) in [5.74, 6) is -1.43. The van der Waals surface area contributed by atoms with Crippen LogP contribution in [0.25, 0.3) is 11.1 Å². The van der Waals surface area contributed by atoms with Gasteiger partial charge in [0.2, 0.25) is 0 Å². The van der Waals surface area contributed by atoms with Crippen LogP contribution in [0.3, 0.4) is 0 Å². The number of piperidine rings is 1. The zero-order valence-electron chi connectivity index (χ0n) is 25.7. The summed E-state index contributed by atoms with van der Waals surface area (Å²) in [6.45, 7) is 11.5. The molecule has 4 rings (SSSR count). The lowest BCUT2D eigenvalue weighted by Crippen LogP contribution is -2.68. The van der Waals surface area contributed by atoms with Crippen LogP contribution in [0.4, 0.5) is 14.0 Å². The molecule has 1 atom stereocenters. The molecule has 1 heterocycles. The Morgan fingerprint density at radius 1 is 1.00 bits per heavy atom. The predicted molar refractivity (Wildman–Crippen MR) is 158 cm³/mol. The average molecular weight is 583 g/mol. The van der Waals surface area contributed by atoms with Gasteiger partial charge in [0.15, 0.2) is 0 Å². The van der Waals surface area contributed by atoms with Crippen molar-refractivity contribution in [2.45, 2.75) is 96.0 Å². The van der Waals surface area contributed by atoms with Crippen molar-refractivity contribution in [3.05, 3.63) is 59.7 Å². The van der Waals surface area contributed by atoms with Gasteiger partial charge in [0, 0.05) is 31.0 Å². The van der Waals surface area contributed by atoms with E-state index in [0.717, 1.165) is 22.3 Å². The highest BCUT2D eigenvalue weighted by Gasteiger charge is 2.56. The number of carboxylic acid groups (broad SMARTS) is 1. The molecule has 0 radical (unpaired) electrons. The van der Waals surface area contributed by atoms with Crippen LogP contribution in [-0.2, 0) is 14.3 Å². The quantitative estimate of drug-likeness (QED) is 0.377. The van der Waals surface area contributed by atoms with E-state index in [1.807, 2.05) is 48.5 Å². The third-order valence-electron chi connectivity index (χ3n) is 8.22. The second-order valence-electron chi connectivity index (χ2n) is 13.6. The molecule has 2 aliphatic rings. The minimum atomic E-state index is -1.71. The largest absolute Gasteiger partial charge is 0.479 e. The first-order valence-corrected chi connectivity index (χ1v) is 14.5. The second kappa shape index (κ2) is 11.2. The number of alkyl halides is 1. The number of halogens is 1. The van der Waals surface area contributed by atoms with E-state index in [2.05, 4.69) is 0 Å². The first-order chi connectivity index (χ1) is 19.5. The van der Waals surface area contributed by atoms with Gasteiger partial charge in [0.25, 0.3) is 0 Å². The van der Waals surface area contributed by atoms with E-state index in [1.165, 1.54) is 23.6 Å². The summed E-state index contributed by atoms with van der Waals surface area (Å²) in [5, 5.41) is 10.6. The van der Waals surface area contributed by atoms with Crippen LogP contribution in [0, 0.1) is 0 Å². The first-order valence-electron chi connectivity index (χ1n) is 14.5. The fourth-order valence-electron chi connectivity index (χ4n) is 6.21. The fourth-order valence-corrected chi connectivity index (χ4v) is 6.21. The van der Waals surface area contributed by atoms with Crippen LogP contribution in [0.2, 0.25) is 0 Å². The third-order valence-corrected chi connectivity index (χ3v) is 8.22. The fraction of sp³-hybridized carbons (Fsp3) is 0.545. The van der Waals surface area contributed by atoms with Crippen LogP contribution in [0.15, 0.2) is 48.5 Å². The van der Waals surface area contributed by atoms with Crippen molar-refractivity contribution in [3.8, 4) is 11.1 Å². The molecule has 1 unspecified atom stereocenters. The average Bonchev–Trinajstić information content (AvgIpc) is 3.18. The van der Waals surface area contributed by atoms with Gasteiger partial charge in [-0.25, -0.2) is 18.8 Å². The number of amides is 2. The van der Waals surface area contributed by atoms with Gasteiger partial charge in [-0.3, -0.25) is 4.90 Å². The number of hydrogen-bond donors (Lipinski definition) is 1. The molecule has 1 N–H and O–H groups in total. The number of hydrogen-bond acceptors (Lipinski definition) is 5. The highest BCUT2D eigenvalue weighted by molar-refractivity contribution is 5.86. The van der Waals surface area contributed by atoms with Crippen LogP contribution >= 0.6 is 0 Å². The highest BCUT2D eigenvalue weighted by atomic mass is 19.1. The van der Waals surface area contributed by atoms with Crippen molar-refractivity contribution in [3.63, 3.8) is 0 Å². The SMILES string of the molecule is CC(C)(F)CCN(C(=O)OCC1c2ccccc2-c2ccccc21)C1(C(=O)O)CCN(C(=O)OC(C)(C)C)C(C)(C)C1. The molecule has 42 heavy (non-hydrogen) atoms. The van der Waals surface area contributed by atoms with E-state index >= 15 is 0 Å². The monoisotopic (exact) mass is 582 g/mol. The van der Waals surface area contributed by atoms with Gasteiger partial charge >= 0.3 is 18.2 Å². The Bertz CT molecular complexity index is 1300. The summed E-state index contributed by atoms with van der Waals surface area (Å²) in [6, 6.07) is 15.9. The van der Waals surface area contributed by atoms with E-state index in [4.69, 9.17) is 9.47 Å². The molecule has 1 saturated heterocycles. The Kier molecular flexibility index (Phi) is 8.37. The summed E-state index contributed by atoms with van der Waals surface area (Å²) in [7, 11) is 0. The summed E-state index contributed by atoms with van der Waals surface area (Å²) < 4.78 is 26.2. The van der Waals surface area contributed by atoms with E-state index in [0.29, 0.717) is 0 Å². The summed E-state index contributed by atoms with van der Waals surface area (Å²) in [4.78, 5) is 42.6. The first kappa shape index (κ1) is 31.3. The summed E-state index contributed by atoms with van der Waals surface area (Å²) >= 11 is 0. The Morgan fingerprint density at radius 2 is 1.55 bits per heavy atom. The molecule has 0 spiro atoms. The molecule has 9 heteroatoms. The molecule has 1 aliphatic carbocycles. The number of rotatable bonds is 7. The van der Waals surface area contributed by atoms with Gasteiger partial charge < -0.3 is 19.5 Å². The van der Waals surface area contributed by atoms with Crippen molar-refractivity contribution < 1.29 is 33.4 Å². The number of likely N-dealkylation sites (tertiary alicyclic amines) is 1. The van der Waals surface area contributed by atoms with Gasteiger partial charge in [0.05, 0.1) is 0 Å². The van der Waals surface area contributed by atoms with Crippen LogP contribution in [-0.4, -0.2) is 75.1 Å². The van der Waals surface area contributed by atoms with Crippen molar-refractivity contribution >= 4 is 18.2 Å². The number of carboxylic acids is 1. The summed E-state index contributed by atoms with van der Waals surface area (Å²) in [5.41, 5.74) is -0.859.